The minimum absolute atomic E-state index is 0.0687. The van der Waals surface area contributed by atoms with Crippen molar-refractivity contribution in [1.82, 2.24) is 10.2 Å². The molecule has 0 saturated carbocycles. The molecule has 0 aliphatic carbocycles. The number of carbonyl (C=O) groups excluding carboxylic acids is 1. The number of primary amides is 1. The number of nitrogens with one attached hydrogen (secondary N) is 1. The lowest BCUT2D eigenvalue weighted by Gasteiger charge is -2.21. The topological polar surface area (TPSA) is 112 Å². The molecular weight excluding hydrogens is 356 g/mol. The van der Waals surface area contributed by atoms with Gasteiger partial charge in [-0.2, -0.15) is 5.26 Å². The van der Waals surface area contributed by atoms with Crippen molar-refractivity contribution in [2.45, 2.75) is 12.5 Å². The maximum Gasteiger partial charge on any atom is 0.314 e. The number of hydrogen-bond acceptors (Lipinski definition) is 5. The largest absolute Gasteiger partial charge is 0.489 e. The van der Waals surface area contributed by atoms with E-state index >= 15 is 0 Å². The minimum Gasteiger partial charge on any atom is -0.489 e. The van der Waals surface area contributed by atoms with E-state index in [4.69, 9.17) is 15.7 Å². The van der Waals surface area contributed by atoms with Crippen molar-refractivity contribution in [1.29, 1.82) is 5.26 Å². The molecule has 0 unspecified atom stereocenters. The smallest absolute Gasteiger partial charge is 0.314 e. The molecule has 2 aromatic rings. The van der Waals surface area contributed by atoms with Gasteiger partial charge in [0.2, 0.25) is 0 Å². The van der Waals surface area contributed by atoms with Crippen LogP contribution in [0.1, 0.15) is 11.1 Å². The van der Waals surface area contributed by atoms with Crippen LogP contribution in [0.15, 0.2) is 54.6 Å². The number of benzene rings is 2. The van der Waals surface area contributed by atoms with Crippen molar-refractivity contribution in [2.24, 2.45) is 5.73 Å². The van der Waals surface area contributed by atoms with Gasteiger partial charge in [-0.1, -0.05) is 42.5 Å². The average molecular weight is 382 g/mol. The third-order valence-corrected chi connectivity index (χ3v) is 4.20. The maximum atomic E-state index is 11.6. The van der Waals surface area contributed by atoms with Crippen LogP contribution in [0.3, 0.4) is 0 Å². The van der Waals surface area contributed by atoms with Crippen molar-refractivity contribution in [3.8, 4) is 11.8 Å². The second-order valence-corrected chi connectivity index (χ2v) is 6.34. The highest BCUT2D eigenvalue weighted by Gasteiger charge is 2.11. The highest BCUT2D eigenvalue weighted by Crippen LogP contribution is 2.16. The average Bonchev–Trinajstić information content (AvgIpc) is 2.72. The molecule has 1 atom stereocenters. The molecule has 0 spiro atoms. The number of urea groups is 1. The molecule has 0 aromatic heterocycles. The molecule has 0 aliphatic heterocycles. The van der Waals surface area contributed by atoms with E-state index in [0.29, 0.717) is 37.5 Å². The van der Waals surface area contributed by atoms with E-state index in [1.54, 1.807) is 29.2 Å². The second-order valence-electron chi connectivity index (χ2n) is 6.34. The zero-order chi connectivity index (χ0) is 20.2. The predicted octanol–water partition coefficient (Wildman–Crippen LogP) is 1.51. The summed E-state index contributed by atoms with van der Waals surface area (Å²) < 4.78 is 5.50. The number of para-hydroxylation sites is 1. The number of nitrogens with two attached hydrogens (primary N) is 1. The van der Waals surface area contributed by atoms with Gasteiger partial charge in [0.05, 0.1) is 5.56 Å². The highest BCUT2D eigenvalue weighted by atomic mass is 16.5. The molecule has 148 valence electrons. The first-order valence-electron chi connectivity index (χ1n) is 9.19. The lowest BCUT2D eigenvalue weighted by molar-refractivity contribution is 0.106. The lowest BCUT2D eigenvalue weighted by atomic mass is 10.1. The van der Waals surface area contributed by atoms with Crippen LogP contribution in [0.5, 0.6) is 5.75 Å². The van der Waals surface area contributed by atoms with Crippen molar-refractivity contribution < 1.29 is 14.6 Å². The summed E-state index contributed by atoms with van der Waals surface area (Å²) in [6.45, 7) is 1.87. The summed E-state index contributed by atoms with van der Waals surface area (Å²) in [5.41, 5.74) is 7.02. The second kappa shape index (κ2) is 11.6. The van der Waals surface area contributed by atoms with Gasteiger partial charge in [-0.15, -0.1) is 0 Å². The van der Waals surface area contributed by atoms with Crippen LogP contribution in [0.4, 0.5) is 4.79 Å². The zero-order valence-corrected chi connectivity index (χ0v) is 15.8. The Morgan fingerprint density at radius 2 is 1.89 bits per heavy atom. The van der Waals surface area contributed by atoms with Gasteiger partial charge in [0.15, 0.2) is 0 Å². The number of ether oxygens (including phenoxy) is 1. The summed E-state index contributed by atoms with van der Waals surface area (Å²) in [4.78, 5) is 13.2. The van der Waals surface area contributed by atoms with Gasteiger partial charge in [-0.05, 0) is 24.1 Å². The Kier molecular flexibility index (Phi) is 8.79. The molecule has 0 aliphatic rings. The molecule has 2 amide bonds. The van der Waals surface area contributed by atoms with Crippen LogP contribution in [0, 0.1) is 11.3 Å². The molecular formula is C21H26N4O3. The van der Waals surface area contributed by atoms with Crippen LogP contribution >= 0.6 is 0 Å². The molecule has 2 aromatic carbocycles. The zero-order valence-electron chi connectivity index (χ0n) is 15.8. The van der Waals surface area contributed by atoms with Crippen LogP contribution in [0.2, 0.25) is 0 Å². The maximum absolute atomic E-state index is 11.6. The SMILES string of the molecule is N#Cc1ccccc1OC[C@@H](O)CNCCN(CCc1ccccc1)C(N)=O. The fourth-order valence-electron chi connectivity index (χ4n) is 2.65. The van der Waals surface area contributed by atoms with Crippen molar-refractivity contribution >= 4 is 6.03 Å². The van der Waals surface area contributed by atoms with Gasteiger partial charge < -0.3 is 25.8 Å². The molecule has 4 N–H and O–H groups in total. The Hall–Kier alpha value is -3.08. The van der Waals surface area contributed by atoms with Crippen molar-refractivity contribution in [3.05, 3.63) is 65.7 Å². The summed E-state index contributed by atoms with van der Waals surface area (Å²) in [6.07, 6.45) is -0.00320. The summed E-state index contributed by atoms with van der Waals surface area (Å²) in [5, 5.41) is 22.1. The Balaban J connectivity index is 1.66. The molecule has 28 heavy (non-hydrogen) atoms. The number of nitrogens with zero attached hydrogens (tertiary/aromatic N) is 2. The first-order valence-corrected chi connectivity index (χ1v) is 9.19. The number of carbonyl (C=O) groups is 1. The number of nitriles is 1. The van der Waals surface area contributed by atoms with Gasteiger partial charge in [0.1, 0.15) is 24.5 Å². The minimum atomic E-state index is -0.738. The predicted molar refractivity (Wildman–Crippen MR) is 107 cm³/mol. The van der Waals surface area contributed by atoms with E-state index in [-0.39, 0.29) is 6.61 Å². The third-order valence-electron chi connectivity index (χ3n) is 4.20. The summed E-state index contributed by atoms with van der Waals surface area (Å²) in [6, 6.07) is 18.4. The molecule has 0 bridgehead atoms. The van der Waals surface area contributed by atoms with Crippen molar-refractivity contribution in [3.63, 3.8) is 0 Å². The van der Waals surface area contributed by atoms with E-state index in [1.807, 2.05) is 36.4 Å². The molecule has 0 heterocycles. The number of hydrogen-bond donors (Lipinski definition) is 3. The van der Waals surface area contributed by atoms with E-state index in [9.17, 15) is 9.90 Å². The van der Waals surface area contributed by atoms with Gasteiger partial charge in [-0.25, -0.2) is 4.79 Å². The number of aliphatic hydroxyl groups excluding tert-OH is 1. The number of amides is 2. The van der Waals surface area contributed by atoms with E-state index in [2.05, 4.69) is 5.32 Å². The first-order chi connectivity index (χ1) is 13.6. The molecule has 0 radical (unpaired) electrons. The van der Waals surface area contributed by atoms with E-state index in [1.165, 1.54) is 0 Å². The summed E-state index contributed by atoms with van der Waals surface area (Å²) in [7, 11) is 0. The van der Waals surface area contributed by atoms with Crippen molar-refractivity contribution in [2.75, 3.05) is 32.8 Å². The first kappa shape index (κ1) is 21.2. The van der Waals surface area contributed by atoms with Crippen LogP contribution in [0.25, 0.3) is 0 Å². The number of rotatable bonds is 11. The van der Waals surface area contributed by atoms with Crippen LogP contribution < -0.4 is 15.8 Å². The molecule has 0 saturated heterocycles. The van der Waals surface area contributed by atoms with Gasteiger partial charge in [-0.3, -0.25) is 0 Å². The summed E-state index contributed by atoms with van der Waals surface area (Å²) >= 11 is 0. The Labute approximate surface area is 165 Å². The van der Waals surface area contributed by atoms with Crippen LogP contribution in [-0.2, 0) is 6.42 Å². The normalized spacial score (nSPS) is 11.4. The Morgan fingerprint density at radius 3 is 2.61 bits per heavy atom. The molecule has 0 fully saturated rings. The van der Waals surface area contributed by atoms with E-state index < -0.39 is 12.1 Å². The lowest BCUT2D eigenvalue weighted by Crippen LogP contribution is -2.43. The van der Waals surface area contributed by atoms with E-state index in [0.717, 1.165) is 12.0 Å². The third kappa shape index (κ3) is 7.27. The standard InChI is InChI=1S/C21H26N4O3/c22-14-18-8-4-5-9-20(18)28-16-19(26)15-24-11-13-25(21(23)27)12-10-17-6-2-1-3-7-17/h1-9,19,24,26H,10-13,15-16H2,(H2,23,27)/t19-/m0/s1. The number of aliphatic hydroxyl groups is 1. The molecule has 7 nitrogen and oxygen atoms in total. The molecule has 2 rings (SSSR count). The van der Waals surface area contributed by atoms with Gasteiger partial charge in [0, 0.05) is 26.2 Å². The van der Waals surface area contributed by atoms with Crippen LogP contribution in [-0.4, -0.2) is 54.9 Å². The summed E-state index contributed by atoms with van der Waals surface area (Å²) in [5.74, 6) is 0.449. The fourth-order valence-corrected chi connectivity index (χ4v) is 2.65. The van der Waals surface area contributed by atoms with Gasteiger partial charge >= 0.3 is 6.03 Å². The Morgan fingerprint density at radius 1 is 1.18 bits per heavy atom. The fraction of sp³-hybridized carbons (Fsp3) is 0.333. The van der Waals surface area contributed by atoms with Gasteiger partial charge in [0.25, 0.3) is 0 Å². The Bertz CT molecular complexity index is 777. The monoisotopic (exact) mass is 382 g/mol. The molecule has 7 heteroatoms. The highest BCUT2D eigenvalue weighted by molar-refractivity contribution is 5.72. The quantitative estimate of drug-likeness (QED) is 0.510.